The Bertz CT molecular complexity index is 1130. The van der Waals surface area contributed by atoms with E-state index in [1.165, 1.54) is 12.1 Å². The Kier molecular flexibility index (Phi) is 5.62. The molecule has 2 atom stereocenters. The fourth-order valence-corrected chi connectivity index (χ4v) is 3.68. The lowest BCUT2D eigenvalue weighted by Crippen LogP contribution is -2.19. The first kappa shape index (κ1) is 21.8. The summed E-state index contributed by atoms with van der Waals surface area (Å²) in [6.07, 6.45) is -4.39. The van der Waals surface area contributed by atoms with E-state index in [0.29, 0.717) is 35.2 Å². The van der Waals surface area contributed by atoms with Gasteiger partial charge in [-0.05, 0) is 31.2 Å². The lowest BCUT2D eigenvalue weighted by molar-refractivity contribution is -0.142. The third-order valence-corrected chi connectivity index (χ3v) is 5.71. The number of carboxylic acids is 1. The molecule has 1 aliphatic heterocycles. The highest BCUT2D eigenvalue weighted by molar-refractivity contribution is 5.71. The smallest absolute Gasteiger partial charge is 0.416 e. The summed E-state index contributed by atoms with van der Waals surface area (Å²) < 4.78 is 55.5. The molecule has 0 radical (unpaired) electrons. The first-order valence-corrected chi connectivity index (χ1v) is 10.0. The van der Waals surface area contributed by atoms with Crippen LogP contribution in [0.5, 0.6) is 11.5 Å². The van der Waals surface area contributed by atoms with E-state index in [9.17, 15) is 23.1 Å². The Hall–Kier alpha value is -3.42. The second-order valence-corrected chi connectivity index (χ2v) is 7.80. The van der Waals surface area contributed by atoms with Crippen LogP contribution in [0.15, 0.2) is 52.9 Å². The molecule has 2 unspecified atom stereocenters. The van der Waals surface area contributed by atoms with Crippen LogP contribution in [0.2, 0.25) is 0 Å². The third kappa shape index (κ3) is 4.30. The van der Waals surface area contributed by atoms with Crippen LogP contribution in [-0.2, 0) is 17.6 Å². The van der Waals surface area contributed by atoms with Gasteiger partial charge in [0, 0.05) is 28.7 Å². The van der Waals surface area contributed by atoms with Gasteiger partial charge in [-0.1, -0.05) is 25.1 Å². The number of aliphatic carboxylic acids is 1. The van der Waals surface area contributed by atoms with Crippen LogP contribution in [0.25, 0.3) is 11.3 Å². The number of alkyl halides is 3. The number of furan rings is 1. The predicted molar refractivity (Wildman–Crippen MR) is 110 cm³/mol. The van der Waals surface area contributed by atoms with Gasteiger partial charge in [0.2, 0.25) is 0 Å². The van der Waals surface area contributed by atoms with Gasteiger partial charge in [-0.15, -0.1) is 0 Å². The van der Waals surface area contributed by atoms with Gasteiger partial charge in [-0.2, -0.15) is 13.2 Å². The second-order valence-electron chi connectivity index (χ2n) is 7.80. The molecule has 0 fully saturated rings. The molecule has 0 bridgehead atoms. The van der Waals surface area contributed by atoms with Gasteiger partial charge >= 0.3 is 12.1 Å². The van der Waals surface area contributed by atoms with Gasteiger partial charge in [-0.25, -0.2) is 0 Å². The molecule has 1 aromatic heterocycles. The zero-order valence-electron chi connectivity index (χ0n) is 17.4. The molecule has 0 amide bonds. The Morgan fingerprint density at radius 1 is 1.19 bits per heavy atom. The summed E-state index contributed by atoms with van der Waals surface area (Å²) in [5.41, 5.74) is 1.43. The van der Waals surface area contributed by atoms with Crippen molar-refractivity contribution >= 4 is 5.97 Å². The largest absolute Gasteiger partial charge is 0.492 e. The van der Waals surface area contributed by atoms with Gasteiger partial charge in [0.15, 0.2) is 0 Å². The van der Waals surface area contributed by atoms with Crippen LogP contribution in [0, 0.1) is 12.8 Å². The van der Waals surface area contributed by atoms with Crippen molar-refractivity contribution < 1.29 is 37.0 Å². The minimum Gasteiger partial charge on any atom is -0.492 e. The maximum Gasteiger partial charge on any atom is 0.416 e. The molecule has 3 aromatic rings. The van der Waals surface area contributed by atoms with Gasteiger partial charge < -0.3 is 19.0 Å². The number of rotatable bonds is 6. The minimum absolute atomic E-state index is 0.198. The van der Waals surface area contributed by atoms with E-state index in [2.05, 4.69) is 0 Å². The van der Waals surface area contributed by atoms with E-state index in [0.717, 1.165) is 23.3 Å². The molecule has 168 valence electrons. The highest BCUT2D eigenvalue weighted by Crippen LogP contribution is 2.40. The Balaban J connectivity index is 1.45. The Labute approximate surface area is 182 Å². The van der Waals surface area contributed by atoms with Crippen LogP contribution >= 0.6 is 0 Å². The molecular formula is C24H21F3O5. The molecule has 4 rings (SSSR count). The van der Waals surface area contributed by atoms with Crippen molar-refractivity contribution in [3.63, 3.8) is 0 Å². The Morgan fingerprint density at radius 3 is 2.56 bits per heavy atom. The number of halogens is 3. The van der Waals surface area contributed by atoms with Crippen molar-refractivity contribution in [1.29, 1.82) is 0 Å². The highest BCUT2D eigenvalue weighted by atomic mass is 19.4. The van der Waals surface area contributed by atoms with Crippen molar-refractivity contribution in [2.45, 2.75) is 32.5 Å². The average Bonchev–Trinajstić information content (AvgIpc) is 3.34. The Morgan fingerprint density at radius 2 is 1.91 bits per heavy atom. The van der Waals surface area contributed by atoms with E-state index in [4.69, 9.17) is 13.9 Å². The zero-order valence-corrected chi connectivity index (χ0v) is 17.4. The van der Waals surface area contributed by atoms with Crippen molar-refractivity contribution in [2.75, 3.05) is 6.61 Å². The molecule has 32 heavy (non-hydrogen) atoms. The summed E-state index contributed by atoms with van der Waals surface area (Å²) in [6.45, 7) is 3.93. The SMILES string of the molecule is Cc1oc(-c2ccc(C(F)(F)F)cc2)cc1COc1ccc2c(c1)OCC2C(C)C(=O)O. The van der Waals surface area contributed by atoms with Crippen LogP contribution in [0.4, 0.5) is 13.2 Å². The number of carboxylic acid groups (broad SMARTS) is 1. The molecule has 1 N–H and O–H groups in total. The van der Waals surface area contributed by atoms with E-state index in [1.54, 1.807) is 32.0 Å². The topological polar surface area (TPSA) is 68.9 Å². The molecule has 2 aromatic carbocycles. The number of hydrogen-bond acceptors (Lipinski definition) is 4. The highest BCUT2D eigenvalue weighted by Gasteiger charge is 2.33. The fourth-order valence-electron chi connectivity index (χ4n) is 3.68. The molecule has 0 saturated heterocycles. The fraction of sp³-hybridized carbons (Fsp3) is 0.292. The molecule has 1 aliphatic rings. The molecule has 2 heterocycles. The van der Waals surface area contributed by atoms with Crippen molar-refractivity contribution in [2.24, 2.45) is 5.92 Å². The number of ether oxygens (including phenoxy) is 2. The summed E-state index contributed by atoms with van der Waals surface area (Å²) in [6, 6.07) is 11.8. The van der Waals surface area contributed by atoms with Crippen molar-refractivity contribution in [3.8, 4) is 22.8 Å². The third-order valence-electron chi connectivity index (χ3n) is 5.71. The molecule has 8 heteroatoms. The number of hydrogen-bond donors (Lipinski definition) is 1. The summed E-state index contributed by atoms with van der Waals surface area (Å²) in [5.74, 6) is 0.592. The number of fused-ring (bicyclic) bond motifs is 1. The molecule has 0 spiro atoms. The maximum atomic E-state index is 12.8. The number of carbonyl (C=O) groups is 1. The van der Waals surface area contributed by atoms with Crippen LogP contribution in [-0.4, -0.2) is 17.7 Å². The van der Waals surface area contributed by atoms with Gasteiger partial charge in [0.25, 0.3) is 0 Å². The van der Waals surface area contributed by atoms with Crippen LogP contribution in [0.1, 0.15) is 35.3 Å². The van der Waals surface area contributed by atoms with E-state index >= 15 is 0 Å². The summed E-state index contributed by atoms with van der Waals surface area (Å²) in [4.78, 5) is 11.3. The van der Waals surface area contributed by atoms with Gasteiger partial charge in [0.1, 0.15) is 29.6 Å². The number of benzene rings is 2. The summed E-state index contributed by atoms with van der Waals surface area (Å²) in [5, 5.41) is 9.25. The van der Waals surface area contributed by atoms with Crippen molar-refractivity contribution in [1.82, 2.24) is 0 Å². The first-order valence-electron chi connectivity index (χ1n) is 10.0. The lowest BCUT2D eigenvalue weighted by atomic mass is 9.89. The lowest BCUT2D eigenvalue weighted by Gasteiger charge is -2.13. The minimum atomic E-state index is -4.39. The molecule has 0 aliphatic carbocycles. The van der Waals surface area contributed by atoms with Crippen LogP contribution in [0.3, 0.4) is 0 Å². The van der Waals surface area contributed by atoms with E-state index in [1.807, 2.05) is 6.07 Å². The van der Waals surface area contributed by atoms with E-state index < -0.39 is 23.6 Å². The second kappa shape index (κ2) is 8.26. The maximum absolute atomic E-state index is 12.8. The van der Waals surface area contributed by atoms with Gasteiger partial charge in [0.05, 0.1) is 18.1 Å². The summed E-state index contributed by atoms with van der Waals surface area (Å²) in [7, 11) is 0. The van der Waals surface area contributed by atoms with E-state index in [-0.39, 0.29) is 12.5 Å². The normalized spacial score (nSPS) is 16.3. The van der Waals surface area contributed by atoms with Crippen LogP contribution < -0.4 is 9.47 Å². The molecular weight excluding hydrogens is 425 g/mol. The predicted octanol–water partition coefficient (Wildman–Crippen LogP) is 6.05. The average molecular weight is 446 g/mol. The zero-order chi connectivity index (χ0) is 23.0. The molecule has 5 nitrogen and oxygen atoms in total. The first-order chi connectivity index (χ1) is 15.1. The summed E-state index contributed by atoms with van der Waals surface area (Å²) >= 11 is 0. The number of aryl methyl sites for hydroxylation is 1. The monoisotopic (exact) mass is 446 g/mol. The quantitative estimate of drug-likeness (QED) is 0.499. The standard InChI is InChI=1S/C24H21F3O5/c1-13(23(28)29)20-12-31-22-10-18(7-8-19(20)22)30-11-16-9-21(32-14(16)2)15-3-5-17(6-4-15)24(25,26)27/h3-10,13,20H,11-12H2,1-2H3,(H,28,29). The molecule has 0 saturated carbocycles. The van der Waals surface area contributed by atoms with Crippen molar-refractivity contribution in [3.05, 3.63) is 71.0 Å². The van der Waals surface area contributed by atoms with Gasteiger partial charge in [-0.3, -0.25) is 4.79 Å².